The van der Waals surface area contributed by atoms with Gasteiger partial charge in [0.15, 0.2) is 0 Å². The Labute approximate surface area is 133 Å². The first-order valence-electron chi connectivity index (χ1n) is 9.68. The summed E-state index contributed by atoms with van der Waals surface area (Å²) in [5, 5.41) is 3.80. The molecule has 2 aliphatic carbocycles. The molecule has 2 atom stereocenters. The molecule has 0 aliphatic heterocycles. The van der Waals surface area contributed by atoms with Gasteiger partial charge in [0.25, 0.3) is 0 Å². The predicted octanol–water partition coefficient (Wildman–Crippen LogP) is 4.45. The number of nitrogens with zero attached hydrogens (tertiary/aromatic N) is 1. The van der Waals surface area contributed by atoms with Crippen LogP contribution in [0.1, 0.15) is 78.6 Å². The summed E-state index contributed by atoms with van der Waals surface area (Å²) < 4.78 is 0. The molecular weight excluding hydrogens is 256 g/mol. The van der Waals surface area contributed by atoms with Crippen molar-refractivity contribution in [1.82, 2.24) is 10.2 Å². The largest absolute Gasteiger partial charge is 0.314 e. The minimum absolute atomic E-state index is 0.809. The highest BCUT2D eigenvalue weighted by Crippen LogP contribution is 2.30. The highest BCUT2D eigenvalue weighted by molar-refractivity contribution is 4.85. The maximum Gasteiger partial charge on any atom is 0.00958 e. The van der Waals surface area contributed by atoms with Crippen molar-refractivity contribution < 1.29 is 0 Å². The van der Waals surface area contributed by atoms with Gasteiger partial charge in [-0.15, -0.1) is 0 Å². The molecule has 124 valence electrons. The van der Waals surface area contributed by atoms with Crippen molar-refractivity contribution in [3.05, 3.63) is 0 Å². The van der Waals surface area contributed by atoms with E-state index in [2.05, 4.69) is 31.0 Å². The summed E-state index contributed by atoms with van der Waals surface area (Å²) in [7, 11) is 0. The van der Waals surface area contributed by atoms with E-state index in [4.69, 9.17) is 0 Å². The molecule has 21 heavy (non-hydrogen) atoms. The van der Waals surface area contributed by atoms with E-state index >= 15 is 0 Å². The van der Waals surface area contributed by atoms with Crippen LogP contribution in [0.4, 0.5) is 0 Å². The quantitative estimate of drug-likeness (QED) is 0.676. The zero-order valence-electron chi connectivity index (χ0n) is 14.7. The molecule has 0 bridgehead atoms. The van der Waals surface area contributed by atoms with Gasteiger partial charge in [-0.05, 0) is 63.5 Å². The Morgan fingerprint density at radius 1 is 1.05 bits per heavy atom. The van der Waals surface area contributed by atoms with E-state index in [1.165, 1.54) is 77.4 Å². The van der Waals surface area contributed by atoms with Crippen molar-refractivity contribution in [3.8, 4) is 0 Å². The third kappa shape index (κ3) is 5.56. The lowest BCUT2D eigenvalue weighted by molar-refractivity contribution is 0.161. The second-order valence-electron chi connectivity index (χ2n) is 7.87. The molecule has 2 heteroatoms. The van der Waals surface area contributed by atoms with Crippen molar-refractivity contribution >= 4 is 0 Å². The molecule has 0 aromatic carbocycles. The Morgan fingerprint density at radius 2 is 1.81 bits per heavy atom. The van der Waals surface area contributed by atoms with Crippen molar-refractivity contribution in [3.63, 3.8) is 0 Å². The van der Waals surface area contributed by atoms with Gasteiger partial charge in [0, 0.05) is 18.6 Å². The van der Waals surface area contributed by atoms with Gasteiger partial charge in [0.05, 0.1) is 0 Å². The summed E-state index contributed by atoms with van der Waals surface area (Å²) in [6.07, 6.45) is 12.8. The van der Waals surface area contributed by atoms with E-state index in [9.17, 15) is 0 Å². The van der Waals surface area contributed by atoms with E-state index in [1.807, 2.05) is 0 Å². The molecule has 2 nitrogen and oxygen atoms in total. The molecule has 1 N–H and O–H groups in total. The third-order valence-electron chi connectivity index (χ3n) is 5.54. The normalized spacial score (nSPS) is 27.3. The van der Waals surface area contributed by atoms with Crippen LogP contribution in [0.15, 0.2) is 0 Å². The van der Waals surface area contributed by atoms with Gasteiger partial charge in [0.1, 0.15) is 0 Å². The van der Waals surface area contributed by atoms with Gasteiger partial charge >= 0.3 is 0 Å². The molecule has 0 heterocycles. The first kappa shape index (κ1) is 17.3. The summed E-state index contributed by atoms with van der Waals surface area (Å²) in [6, 6.07) is 1.71. The molecular formula is C19H38N2. The zero-order chi connectivity index (χ0) is 15.1. The minimum atomic E-state index is 0.809. The van der Waals surface area contributed by atoms with Crippen molar-refractivity contribution in [1.29, 1.82) is 0 Å². The molecule has 0 aromatic rings. The molecule has 2 unspecified atom stereocenters. The zero-order valence-corrected chi connectivity index (χ0v) is 14.7. The number of hydrogen-bond donors (Lipinski definition) is 1. The monoisotopic (exact) mass is 294 g/mol. The summed E-state index contributed by atoms with van der Waals surface area (Å²) in [5.41, 5.74) is 0. The maximum absolute atomic E-state index is 3.80. The standard InChI is InChI=1S/C19H38N2/c1-4-13-20-19-11-7-8-17(19)12-14-21(15-16(2)3)18-9-5-6-10-18/h16-20H,4-15H2,1-3H3. The first-order valence-corrected chi connectivity index (χ1v) is 9.68. The Hall–Kier alpha value is -0.0800. The minimum Gasteiger partial charge on any atom is -0.314 e. The van der Waals surface area contributed by atoms with Crippen LogP contribution in [0.3, 0.4) is 0 Å². The van der Waals surface area contributed by atoms with E-state index < -0.39 is 0 Å². The molecule has 0 aromatic heterocycles. The van der Waals surface area contributed by atoms with Gasteiger partial charge in [-0.25, -0.2) is 0 Å². The van der Waals surface area contributed by atoms with E-state index in [-0.39, 0.29) is 0 Å². The smallest absolute Gasteiger partial charge is 0.00958 e. The van der Waals surface area contributed by atoms with Gasteiger partial charge < -0.3 is 10.2 Å². The van der Waals surface area contributed by atoms with E-state index in [1.54, 1.807) is 0 Å². The molecule has 0 amide bonds. The molecule has 0 radical (unpaired) electrons. The van der Waals surface area contributed by atoms with Crippen LogP contribution < -0.4 is 5.32 Å². The number of rotatable bonds is 9. The van der Waals surface area contributed by atoms with Crippen LogP contribution in [-0.2, 0) is 0 Å². The van der Waals surface area contributed by atoms with Crippen LogP contribution in [0.2, 0.25) is 0 Å². The highest BCUT2D eigenvalue weighted by Gasteiger charge is 2.29. The number of hydrogen-bond acceptors (Lipinski definition) is 2. The Balaban J connectivity index is 1.79. The average Bonchev–Trinajstić information content (AvgIpc) is 3.12. The van der Waals surface area contributed by atoms with Crippen molar-refractivity contribution in [2.24, 2.45) is 11.8 Å². The van der Waals surface area contributed by atoms with Gasteiger partial charge in [0.2, 0.25) is 0 Å². The van der Waals surface area contributed by atoms with Gasteiger partial charge in [-0.2, -0.15) is 0 Å². The lowest BCUT2D eigenvalue weighted by Gasteiger charge is -2.32. The average molecular weight is 295 g/mol. The Morgan fingerprint density at radius 3 is 2.48 bits per heavy atom. The molecule has 0 saturated heterocycles. The second-order valence-corrected chi connectivity index (χ2v) is 7.87. The summed E-state index contributed by atoms with van der Waals surface area (Å²) in [4.78, 5) is 2.84. The van der Waals surface area contributed by atoms with Gasteiger partial charge in [-0.1, -0.05) is 40.0 Å². The third-order valence-corrected chi connectivity index (χ3v) is 5.54. The van der Waals surface area contributed by atoms with Crippen LogP contribution in [0.25, 0.3) is 0 Å². The van der Waals surface area contributed by atoms with Gasteiger partial charge in [-0.3, -0.25) is 0 Å². The topological polar surface area (TPSA) is 15.3 Å². The summed E-state index contributed by atoms with van der Waals surface area (Å²) in [6.45, 7) is 10.9. The van der Waals surface area contributed by atoms with E-state index in [0.29, 0.717) is 0 Å². The van der Waals surface area contributed by atoms with Crippen molar-refractivity contribution in [2.75, 3.05) is 19.6 Å². The fraction of sp³-hybridized carbons (Fsp3) is 1.00. The van der Waals surface area contributed by atoms with Crippen LogP contribution in [0.5, 0.6) is 0 Å². The fourth-order valence-corrected chi connectivity index (χ4v) is 4.47. The summed E-state index contributed by atoms with van der Waals surface area (Å²) in [5.74, 6) is 1.75. The maximum atomic E-state index is 3.80. The lowest BCUT2D eigenvalue weighted by atomic mass is 9.98. The fourth-order valence-electron chi connectivity index (χ4n) is 4.47. The lowest BCUT2D eigenvalue weighted by Crippen LogP contribution is -2.39. The van der Waals surface area contributed by atoms with Crippen molar-refractivity contribution in [2.45, 2.75) is 90.6 Å². The molecule has 2 rings (SSSR count). The predicted molar refractivity (Wildman–Crippen MR) is 92.7 cm³/mol. The number of nitrogens with one attached hydrogen (secondary N) is 1. The van der Waals surface area contributed by atoms with Crippen LogP contribution in [0, 0.1) is 11.8 Å². The molecule has 0 spiro atoms. The van der Waals surface area contributed by atoms with Crippen LogP contribution >= 0.6 is 0 Å². The molecule has 2 fully saturated rings. The van der Waals surface area contributed by atoms with E-state index in [0.717, 1.165) is 23.9 Å². The summed E-state index contributed by atoms with van der Waals surface area (Å²) >= 11 is 0. The Kier molecular flexibility index (Phi) is 7.53. The highest BCUT2D eigenvalue weighted by atomic mass is 15.2. The molecule has 2 saturated carbocycles. The molecule has 2 aliphatic rings. The Bertz CT molecular complexity index is 271. The first-order chi connectivity index (χ1) is 10.2. The van der Waals surface area contributed by atoms with Crippen LogP contribution in [-0.4, -0.2) is 36.6 Å². The SMILES string of the molecule is CCCNC1CCCC1CCN(CC(C)C)C1CCCC1. The second kappa shape index (κ2) is 9.15.